The zero-order valence-corrected chi connectivity index (χ0v) is 16.9. The maximum absolute atomic E-state index is 12.1. The fraction of sp³-hybridized carbons (Fsp3) is 0.438. The van der Waals surface area contributed by atoms with Crippen LogP contribution in [0.4, 0.5) is 5.69 Å². The Morgan fingerprint density at radius 2 is 2.08 bits per heavy atom. The number of carboxylic acid groups (broad SMARTS) is 1. The highest BCUT2D eigenvalue weighted by molar-refractivity contribution is 9.10. The van der Waals surface area contributed by atoms with Crippen LogP contribution in [0.5, 0.6) is 0 Å². The van der Waals surface area contributed by atoms with Crippen molar-refractivity contribution in [1.29, 1.82) is 0 Å². The van der Waals surface area contributed by atoms with Crippen LogP contribution in [0.2, 0.25) is 0 Å². The van der Waals surface area contributed by atoms with E-state index in [0.717, 1.165) is 10.2 Å². The lowest BCUT2D eigenvalue weighted by Gasteiger charge is -2.24. The zero-order valence-electron chi connectivity index (χ0n) is 13.7. The number of aliphatic carboxylic acids is 1. The molecule has 2 saturated heterocycles. The number of sulfone groups is 1. The molecule has 0 aliphatic carbocycles. The van der Waals surface area contributed by atoms with Gasteiger partial charge in [0.05, 0.1) is 17.5 Å². The quantitative estimate of drug-likeness (QED) is 0.718. The fourth-order valence-corrected chi connectivity index (χ4v) is 7.36. The number of carboxylic acids is 1. The average Bonchev–Trinajstić information content (AvgIpc) is 2.97. The lowest BCUT2D eigenvalue weighted by molar-refractivity contribution is -0.137. The number of amides is 1. The van der Waals surface area contributed by atoms with Crippen molar-refractivity contribution in [2.75, 3.05) is 16.4 Å². The van der Waals surface area contributed by atoms with E-state index in [1.54, 1.807) is 0 Å². The first kappa shape index (κ1) is 19.4. The lowest BCUT2D eigenvalue weighted by atomic mass is 10.2. The molecule has 0 bridgehead atoms. The van der Waals surface area contributed by atoms with E-state index in [9.17, 15) is 18.0 Å². The van der Waals surface area contributed by atoms with E-state index in [2.05, 4.69) is 20.9 Å². The van der Waals surface area contributed by atoms with Crippen LogP contribution in [0.25, 0.3) is 0 Å². The summed E-state index contributed by atoms with van der Waals surface area (Å²) in [6, 6.07) is 7.16. The van der Waals surface area contributed by atoms with Crippen LogP contribution in [0, 0.1) is 0 Å². The van der Waals surface area contributed by atoms with Gasteiger partial charge in [-0.25, -0.2) is 8.42 Å². The van der Waals surface area contributed by atoms with Crippen molar-refractivity contribution in [3.8, 4) is 0 Å². The largest absolute Gasteiger partial charge is 0.481 e. The van der Waals surface area contributed by atoms with Crippen molar-refractivity contribution in [3.63, 3.8) is 0 Å². The third-order valence-corrected chi connectivity index (χ3v) is 7.86. The Balaban J connectivity index is 1.85. The molecule has 1 N–H and O–H groups in total. The number of aliphatic imine (C=N–C) groups is 1. The number of amidine groups is 1. The molecule has 2 aliphatic rings. The lowest BCUT2D eigenvalue weighted by Crippen LogP contribution is -2.37. The molecule has 2 atom stereocenters. The highest BCUT2D eigenvalue weighted by Crippen LogP contribution is 2.41. The molecule has 2 aliphatic heterocycles. The number of hydrogen-bond donors (Lipinski definition) is 1. The van der Waals surface area contributed by atoms with Gasteiger partial charge < -0.3 is 10.0 Å². The summed E-state index contributed by atoms with van der Waals surface area (Å²) < 4.78 is 24.9. The number of benzene rings is 1. The molecule has 1 aromatic carbocycles. The molecular weight excluding hydrogens is 444 g/mol. The summed E-state index contributed by atoms with van der Waals surface area (Å²) in [7, 11) is -3.11. The van der Waals surface area contributed by atoms with Gasteiger partial charge in [-0.15, -0.1) is 0 Å². The van der Waals surface area contributed by atoms with Gasteiger partial charge in [0.1, 0.15) is 0 Å². The molecule has 26 heavy (non-hydrogen) atoms. The maximum atomic E-state index is 12.1. The summed E-state index contributed by atoms with van der Waals surface area (Å²) in [6.07, 6.45) is 0.201. The van der Waals surface area contributed by atoms with E-state index in [1.165, 1.54) is 11.8 Å². The first-order valence-electron chi connectivity index (χ1n) is 8.00. The van der Waals surface area contributed by atoms with Crippen molar-refractivity contribution in [2.45, 2.75) is 30.6 Å². The number of nitrogens with zero attached hydrogens (tertiary/aromatic N) is 2. The Kier molecular flexibility index (Phi) is 5.73. The van der Waals surface area contributed by atoms with Gasteiger partial charge >= 0.3 is 5.97 Å². The number of rotatable bonds is 5. The van der Waals surface area contributed by atoms with Gasteiger partial charge in [0.15, 0.2) is 15.0 Å². The predicted octanol–water partition coefficient (Wildman–Crippen LogP) is 2.31. The van der Waals surface area contributed by atoms with Crippen molar-refractivity contribution in [1.82, 2.24) is 0 Å². The van der Waals surface area contributed by atoms with Crippen LogP contribution >= 0.6 is 27.7 Å². The van der Waals surface area contributed by atoms with E-state index < -0.39 is 21.7 Å². The van der Waals surface area contributed by atoms with Crippen LogP contribution in [-0.4, -0.2) is 53.4 Å². The molecule has 2 heterocycles. The minimum Gasteiger partial charge on any atom is -0.481 e. The summed E-state index contributed by atoms with van der Waals surface area (Å²) in [5.74, 6) is -1.24. The van der Waals surface area contributed by atoms with E-state index in [0.29, 0.717) is 5.17 Å². The second-order valence-electron chi connectivity index (χ2n) is 6.19. The monoisotopic (exact) mass is 460 g/mol. The summed E-state index contributed by atoms with van der Waals surface area (Å²) in [6.45, 7) is 0. The van der Waals surface area contributed by atoms with Crippen LogP contribution in [0.15, 0.2) is 33.7 Å². The normalized spacial score (nSPS) is 25.4. The minimum absolute atomic E-state index is 0.0312. The molecule has 0 unspecified atom stereocenters. The molecule has 1 aromatic rings. The Hall–Kier alpha value is -1.39. The van der Waals surface area contributed by atoms with Crippen molar-refractivity contribution in [2.24, 2.45) is 4.99 Å². The van der Waals surface area contributed by atoms with Crippen LogP contribution in [-0.2, 0) is 19.4 Å². The third-order valence-electron chi connectivity index (χ3n) is 4.15. The van der Waals surface area contributed by atoms with E-state index in [1.807, 2.05) is 29.2 Å². The zero-order chi connectivity index (χ0) is 18.9. The van der Waals surface area contributed by atoms with E-state index >= 15 is 0 Å². The topological polar surface area (TPSA) is 104 Å². The van der Waals surface area contributed by atoms with Gasteiger partial charge in [-0.3, -0.25) is 9.59 Å². The Morgan fingerprint density at radius 1 is 1.31 bits per heavy atom. The summed E-state index contributed by atoms with van der Waals surface area (Å²) in [5, 5.41) is 8.98. The Bertz CT molecular complexity index is 871. The van der Waals surface area contributed by atoms with Crippen molar-refractivity contribution < 1.29 is 23.1 Å². The smallest absolute Gasteiger partial charge is 0.303 e. The first-order valence-corrected chi connectivity index (χ1v) is 11.5. The predicted molar refractivity (Wildman–Crippen MR) is 104 cm³/mol. The minimum atomic E-state index is -3.11. The fourth-order valence-electron chi connectivity index (χ4n) is 3.05. The molecule has 140 valence electrons. The van der Waals surface area contributed by atoms with Gasteiger partial charge in [-0.05, 0) is 24.6 Å². The number of anilines is 1. The highest BCUT2D eigenvalue weighted by Gasteiger charge is 2.49. The number of carbonyl (C=O) groups is 2. The van der Waals surface area contributed by atoms with Crippen molar-refractivity contribution in [3.05, 3.63) is 28.7 Å². The number of fused-ring (bicyclic) bond motifs is 1. The Morgan fingerprint density at radius 3 is 2.77 bits per heavy atom. The summed E-state index contributed by atoms with van der Waals surface area (Å²) in [5.41, 5.74) is 0.772. The standard InChI is InChI=1S/C16H17BrN2O5S2/c17-10-3-1-4-11(7-10)19-12-8-26(23,24)9-13(12)25-16(19)18-14(20)5-2-6-15(21)22/h1,3-4,7,12-13H,2,5-6,8-9H2,(H,21,22)/t12-,13-/m1/s1. The summed E-state index contributed by atoms with van der Waals surface area (Å²) in [4.78, 5) is 28.7. The molecule has 10 heteroatoms. The van der Waals surface area contributed by atoms with Gasteiger partial charge in [0.2, 0.25) is 5.91 Å². The molecule has 7 nitrogen and oxygen atoms in total. The van der Waals surface area contributed by atoms with Gasteiger partial charge in [-0.2, -0.15) is 4.99 Å². The second-order valence-corrected chi connectivity index (χ2v) is 10.5. The van der Waals surface area contributed by atoms with Gasteiger partial charge in [0.25, 0.3) is 0 Å². The molecular formula is C16H17BrN2O5S2. The van der Waals surface area contributed by atoms with Crippen molar-refractivity contribution >= 4 is 60.3 Å². The SMILES string of the molecule is O=C(O)CCCC(=O)N=C1S[C@@H]2CS(=O)(=O)C[C@H]2N1c1cccc(Br)c1. The van der Waals surface area contributed by atoms with E-state index in [-0.39, 0.29) is 42.1 Å². The first-order chi connectivity index (χ1) is 12.2. The average molecular weight is 461 g/mol. The number of halogens is 1. The molecule has 0 saturated carbocycles. The number of carbonyl (C=O) groups excluding carboxylic acids is 1. The Labute approximate surface area is 163 Å². The third kappa shape index (κ3) is 4.47. The molecule has 0 spiro atoms. The second kappa shape index (κ2) is 7.69. The van der Waals surface area contributed by atoms with Crippen LogP contribution in [0.3, 0.4) is 0 Å². The van der Waals surface area contributed by atoms with Gasteiger partial charge in [0, 0.05) is 28.3 Å². The van der Waals surface area contributed by atoms with E-state index in [4.69, 9.17) is 5.11 Å². The molecule has 2 fully saturated rings. The molecule has 0 aromatic heterocycles. The van der Waals surface area contributed by atoms with Crippen LogP contribution in [0.1, 0.15) is 19.3 Å². The number of thioether (sulfide) groups is 1. The molecule has 3 rings (SSSR count). The molecule has 1 amide bonds. The highest BCUT2D eigenvalue weighted by atomic mass is 79.9. The summed E-state index contributed by atoms with van der Waals surface area (Å²) >= 11 is 4.71. The maximum Gasteiger partial charge on any atom is 0.303 e. The number of hydrogen-bond acceptors (Lipinski definition) is 5. The van der Waals surface area contributed by atoms with Gasteiger partial charge in [-0.1, -0.05) is 33.8 Å². The van der Waals surface area contributed by atoms with Crippen LogP contribution < -0.4 is 4.90 Å². The molecule has 0 radical (unpaired) electrons.